The fraction of sp³-hybridized carbons (Fsp3) is 0.333. The lowest BCUT2D eigenvalue weighted by Gasteiger charge is -2.14. The number of amides is 1. The Bertz CT molecular complexity index is 553. The van der Waals surface area contributed by atoms with E-state index in [1.165, 1.54) is 30.9 Å². The Kier molecular flexibility index (Phi) is 2.86. The molecular weight excluding hydrogens is 236 g/mol. The van der Waals surface area contributed by atoms with E-state index in [0.717, 1.165) is 0 Å². The summed E-state index contributed by atoms with van der Waals surface area (Å²) >= 11 is 0. The molecule has 1 aromatic rings. The lowest BCUT2D eigenvalue weighted by molar-refractivity contribution is -0.384. The summed E-state index contributed by atoms with van der Waals surface area (Å²) in [6, 6.07) is 4.26. The van der Waals surface area contributed by atoms with Crippen LogP contribution >= 0.6 is 0 Å². The van der Waals surface area contributed by atoms with Crippen molar-refractivity contribution in [1.29, 1.82) is 0 Å². The average Bonchev–Trinajstić information content (AvgIpc) is 2.67. The van der Waals surface area contributed by atoms with Crippen molar-refractivity contribution in [2.24, 2.45) is 0 Å². The summed E-state index contributed by atoms with van der Waals surface area (Å²) in [5.41, 5.74) is 1.07. The highest BCUT2D eigenvalue weighted by atomic mass is 16.6. The predicted octanol–water partition coefficient (Wildman–Crippen LogP) is 1.63. The lowest BCUT2D eigenvalue weighted by atomic mass is 9.97. The first-order valence-electron chi connectivity index (χ1n) is 5.48. The van der Waals surface area contributed by atoms with Crippen LogP contribution in [0.25, 0.3) is 0 Å². The molecule has 18 heavy (non-hydrogen) atoms. The van der Waals surface area contributed by atoms with Crippen molar-refractivity contribution >= 4 is 23.1 Å². The molecule has 1 amide bonds. The number of carbonyl (C=O) groups is 2. The normalized spacial score (nSPS) is 17.4. The zero-order valence-electron chi connectivity index (χ0n) is 10.0. The van der Waals surface area contributed by atoms with Crippen LogP contribution in [-0.4, -0.2) is 23.2 Å². The number of hydrogen-bond acceptors (Lipinski definition) is 4. The largest absolute Gasteiger partial charge is 0.311 e. The fourth-order valence-corrected chi connectivity index (χ4v) is 2.20. The van der Waals surface area contributed by atoms with E-state index in [2.05, 4.69) is 0 Å². The van der Waals surface area contributed by atoms with Crippen LogP contribution in [0.15, 0.2) is 18.2 Å². The number of fused-ring (bicyclic) bond motifs is 1. The van der Waals surface area contributed by atoms with Gasteiger partial charge in [-0.15, -0.1) is 0 Å². The molecule has 0 saturated heterocycles. The van der Waals surface area contributed by atoms with Gasteiger partial charge in [0.15, 0.2) is 0 Å². The van der Waals surface area contributed by atoms with E-state index in [1.54, 1.807) is 6.07 Å². The summed E-state index contributed by atoms with van der Waals surface area (Å²) in [5, 5.41) is 10.7. The number of benzene rings is 1. The second-order valence-electron chi connectivity index (χ2n) is 4.29. The smallest absolute Gasteiger partial charge is 0.271 e. The zero-order chi connectivity index (χ0) is 13.4. The van der Waals surface area contributed by atoms with E-state index in [-0.39, 0.29) is 29.8 Å². The van der Waals surface area contributed by atoms with E-state index in [0.29, 0.717) is 11.3 Å². The summed E-state index contributed by atoms with van der Waals surface area (Å²) in [6.07, 6.45) is 0. The molecule has 0 fully saturated rings. The van der Waals surface area contributed by atoms with Crippen molar-refractivity contribution in [3.63, 3.8) is 0 Å². The zero-order valence-corrected chi connectivity index (χ0v) is 10.0. The quantitative estimate of drug-likeness (QED) is 0.588. The molecule has 0 bridgehead atoms. The van der Waals surface area contributed by atoms with Gasteiger partial charge in [0.2, 0.25) is 5.91 Å². The minimum Gasteiger partial charge on any atom is -0.311 e. The Morgan fingerprint density at radius 3 is 2.56 bits per heavy atom. The SMILES string of the molecule is CC(=O)C1CN(C(C)=O)c2cc([N+](=O)[O-])ccc21. The molecule has 6 nitrogen and oxygen atoms in total. The average molecular weight is 248 g/mol. The molecule has 0 aromatic heterocycles. The van der Waals surface area contributed by atoms with Gasteiger partial charge in [0.05, 0.1) is 16.5 Å². The fourth-order valence-electron chi connectivity index (χ4n) is 2.20. The van der Waals surface area contributed by atoms with Gasteiger partial charge in [0, 0.05) is 25.6 Å². The molecule has 1 heterocycles. The van der Waals surface area contributed by atoms with Crippen LogP contribution in [0, 0.1) is 10.1 Å². The van der Waals surface area contributed by atoms with Gasteiger partial charge in [-0.2, -0.15) is 0 Å². The minimum atomic E-state index is -0.514. The molecule has 1 aliphatic heterocycles. The summed E-state index contributed by atoms with van der Waals surface area (Å²) in [5.74, 6) is -0.654. The van der Waals surface area contributed by atoms with Gasteiger partial charge in [-0.05, 0) is 18.6 Å². The first-order chi connectivity index (χ1) is 8.41. The number of non-ortho nitro benzene ring substituents is 1. The molecule has 0 radical (unpaired) electrons. The van der Waals surface area contributed by atoms with Gasteiger partial charge in [0.25, 0.3) is 5.69 Å². The van der Waals surface area contributed by atoms with E-state index in [1.807, 2.05) is 0 Å². The molecular formula is C12H12N2O4. The van der Waals surface area contributed by atoms with Gasteiger partial charge >= 0.3 is 0 Å². The van der Waals surface area contributed by atoms with Crippen LogP contribution in [0.4, 0.5) is 11.4 Å². The second kappa shape index (κ2) is 4.21. The molecule has 6 heteroatoms. The Hall–Kier alpha value is -2.24. The van der Waals surface area contributed by atoms with Gasteiger partial charge in [-0.1, -0.05) is 0 Å². The van der Waals surface area contributed by atoms with Crippen LogP contribution in [0.5, 0.6) is 0 Å². The van der Waals surface area contributed by atoms with E-state index in [4.69, 9.17) is 0 Å². The second-order valence-corrected chi connectivity index (χ2v) is 4.29. The standard InChI is InChI=1S/C12H12N2O4/c1-7(15)11-6-13(8(2)16)12-5-9(14(17)18)3-4-10(11)12/h3-5,11H,6H2,1-2H3. The highest BCUT2D eigenvalue weighted by Gasteiger charge is 2.34. The number of carbonyl (C=O) groups excluding carboxylic acids is 2. The van der Waals surface area contributed by atoms with Crippen LogP contribution in [0.1, 0.15) is 25.3 Å². The Balaban J connectivity index is 2.55. The molecule has 1 aliphatic rings. The monoisotopic (exact) mass is 248 g/mol. The van der Waals surface area contributed by atoms with Crippen molar-refractivity contribution < 1.29 is 14.5 Å². The molecule has 0 spiro atoms. The van der Waals surface area contributed by atoms with E-state index >= 15 is 0 Å². The van der Waals surface area contributed by atoms with Gasteiger partial charge < -0.3 is 4.90 Å². The molecule has 1 unspecified atom stereocenters. The summed E-state index contributed by atoms with van der Waals surface area (Å²) in [4.78, 5) is 34.7. The number of nitro groups is 1. The third-order valence-electron chi connectivity index (χ3n) is 3.13. The van der Waals surface area contributed by atoms with Crippen molar-refractivity contribution in [2.75, 3.05) is 11.4 Å². The maximum atomic E-state index is 11.5. The first kappa shape index (κ1) is 12.2. The van der Waals surface area contributed by atoms with Crippen molar-refractivity contribution in [3.8, 4) is 0 Å². The number of rotatable bonds is 2. The van der Waals surface area contributed by atoms with Gasteiger partial charge in [-0.3, -0.25) is 19.7 Å². The van der Waals surface area contributed by atoms with Crippen molar-refractivity contribution in [2.45, 2.75) is 19.8 Å². The molecule has 0 N–H and O–H groups in total. The third-order valence-corrected chi connectivity index (χ3v) is 3.13. The number of nitrogens with zero attached hydrogens (tertiary/aromatic N) is 2. The van der Waals surface area contributed by atoms with Gasteiger partial charge in [0.1, 0.15) is 5.78 Å². The topological polar surface area (TPSA) is 80.5 Å². The maximum Gasteiger partial charge on any atom is 0.271 e. The third kappa shape index (κ3) is 1.85. The molecule has 94 valence electrons. The summed E-state index contributed by atoms with van der Waals surface area (Å²) in [7, 11) is 0. The Labute approximate surface area is 103 Å². The number of hydrogen-bond donors (Lipinski definition) is 0. The number of ketones is 1. The van der Waals surface area contributed by atoms with Crippen LogP contribution in [0.3, 0.4) is 0 Å². The van der Waals surface area contributed by atoms with Crippen LogP contribution in [-0.2, 0) is 9.59 Å². The highest BCUT2D eigenvalue weighted by Crippen LogP contribution is 2.38. The summed E-state index contributed by atoms with van der Waals surface area (Å²) < 4.78 is 0. The predicted molar refractivity (Wildman–Crippen MR) is 64.5 cm³/mol. The Morgan fingerprint density at radius 2 is 2.06 bits per heavy atom. The lowest BCUT2D eigenvalue weighted by Crippen LogP contribution is -2.28. The first-order valence-corrected chi connectivity index (χ1v) is 5.48. The van der Waals surface area contributed by atoms with E-state index < -0.39 is 4.92 Å². The van der Waals surface area contributed by atoms with Crippen LogP contribution < -0.4 is 4.90 Å². The maximum absolute atomic E-state index is 11.5. The number of anilines is 1. The molecule has 2 rings (SSSR count). The van der Waals surface area contributed by atoms with Crippen molar-refractivity contribution in [3.05, 3.63) is 33.9 Å². The number of Topliss-reactive ketones (excluding diaryl/α,β-unsaturated/α-hetero) is 1. The molecule has 0 saturated carbocycles. The van der Waals surface area contributed by atoms with Gasteiger partial charge in [-0.25, -0.2) is 0 Å². The minimum absolute atomic E-state index is 0.0474. The van der Waals surface area contributed by atoms with E-state index in [9.17, 15) is 19.7 Å². The Morgan fingerprint density at radius 1 is 1.39 bits per heavy atom. The highest BCUT2D eigenvalue weighted by molar-refractivity contribution is 5.99. The molecule has 0 aliphatic carbocycles. The number of nitro benzene ring substituents is 1. The molecule has 1 atom stereocenters. The van der Waals surface area contributed by atoms with Crippen LogP contribution in [0.2, 0.25) is 0 Å². The summed E-state index contributed by atoms with van der Waals surface area (Å²) in [6.45, 7) is 3.10. The molecule has 1 aromatic carbocycles. The van der Waals surface area contributed by atoms with Crippen molar-refractivity contribution in [1.82, 2.24) is 0 Å².